The quantitative estimate of drug-likeness (QED) is 0.737. The Kier molecular flexibility index (Phi) is 4.59. The number of esters is 1. The van der Waals surface area contributed by atoms with E-state index in [9.17, 15) is 4.79 Å². The van der Waals surface area contributed by atoms with Crippen LogP contribution in [0.5, 0.6) is 0 Å². The zero-order valence-electron chi connectivity index (χ0n) is 11.9. The summed E-state index contributed by atoms with van der Waals surface area (Å²) in [6.45, 7) is 4.81. The summed E-state index contributed by atoms with van der Waals surface area (Å²) in [5.41, 5.74) is 1.04. The van der Waals surface area contributed by atoms with Crippen molar-refractivity contribution in [2.24, 2.45) is 5.41 Å². The molecule has 0 unspecified atom stereocenters. The molecule has 1 aromatic carbocycles. The van der Waals surface area contributed by atoms with E-state index in [1.54, 1.807) is 0 Å². The molecule has 0 heterocycles. The Labute approximate surface area is 115 Å². The van der Waals surface area contributed by atoms with Crippen molar-refractivity contribution in [1.82, 2.24) is 4.90 Å². The van der Waals surface area contributed by atoms with E-state index in [1.165, 1.54) is 12.7 Å². The number of carbonyl (C=O) groups excluding carboxylic acids is 1. The van der Waals surface area contributed by atoms with E-state index in [2.05, 4.69) is 36.1 Å². The molecule has 1 saturated carbocycles. The van der Waals surface area contributed by atoms with Crippen molar-refractivity contribution in [1.29, 1.82) is 0 Å². The van der Waals surface area contributed by atoms with Gasteiger partial charge >= 0.3 is 5.97 Å². The number of hydrogen-bond acceptors (Lipinski definition) is 3. The number of hydrogen-bond donors (Lipinski definition) is 0. The van der Waals surface area contributed by atoms with Crippen LogP contribution in [0, 0.1) is 5.41 Å². The molecule has 0 N–H and O–H groups in total. The lowest BCUT2D eigenvalue weighted by atomic mass is 9.68. The number of nitrogens with zero attached hydrogens (tertiary/aromatic N) is 1. The molecule has 0 aliphatic heterocycles. The smallest absolute Gasteiger partial charge is 0.313 e. The lowest BCUT2D eigenvalue weighted by Crippen LogP contribution is -2.48. The highest BCUT2D eigenvalue weighted by molar-refractivity contribution is 5.78. The van der Waals surface area contributed by atoms with E-state index in [0.717, 1.165) is 38.9 Å². The average molecular weight is 261 g/mol. The first kappa shape index (κ1) is 14.1. The van der Waals surface area contributed by atoms with Crippen LogP contribution in [0.3, 0.4) is 0 Å². The maximum Gasteiger partial charge on any atom is 0.313 e. The van der Waals surface area contributed by atoms with Crippen LogP contribution in [0.1, 0.15) is 31.7 Å². The summed E-state index contributed by atoms with van der Waals surface area (Å²) < 4.78 is 4.99. The largest absolute Gasteiger partial charge is 0.469 e. The highest BCUT2D eigenvalue weighted by Gasteiger charge is 2.46. The predicted octanol–water partition coefficient (Wildman–Crippen LogP) is 2.85. The molecule has 0 aromatic heterocycles. The molecule has 19 heavy (non-hydrogen) atoms. The van der Waals surface area contributed by atoms with E-state index < -0.39 is 0 Å². The van der Waals surface area contributed by atoms with Crippen LogP contribution >= 0.6 is 0 Å². The van der Waals surface area contributed by atoms with Crippen molar-refractivity contribution >= 4 is 5.97 Å². The van der Waals surface area contributed by atoms with Gasteiger partial charge in [0.2, 0.25) is 0 Å². The standard InChI is InChI=1S/C16H23NO2/c1-3-17(12-14-8-5-4-6-9-14)13-16(10-7-11-16)15(18)19-2/h4-6,8-9H,3,7,10-13H2,1-2H3. The Bertz CT molecular complexity index is 412. The predicted molar refractivity (Wildman–Crippen MR) is 75.7 cm³/mol. The Morgan fingerprint density at radius 2 is 2.00 bits per heavy atom. The number of ether oxygens (including phenoxy) is 1. The minimum Gasteiger partial charge on any atom is -0.469 e. The van der Waals surface area contributed by atoms with Gasteiger partial charge in [-0.25, -0.2) is 0 Å². The minimum atomic E-state index is -0.250. The van der Waals surface area contributed by atoms with Crippen molar-refractivity contribution in [3.05, 3.63) is 35.9 Å². The van der Waals surface area contributed by atoms with Crippen LogP contribution in [0.2, 0.25) is 0 Å². The van der Waals surface area contributed by atoms with Crippen LogP contribution in [0.4, 0.5) is 0 Å². The molecule has 1 aliphatic rings. The first-order valence-corrected chi connectivity index (χ1v) is 7.05. The third kappa shape index (κ3) is 3.16. The first-order valence-electron chi connectivity index (χ1n) is 7.05. The fourth-order valence-electron chi connectivity index (χ4n) is 2.80. The molecule has 0 radical (unpaired) electrons. The van der Waals surface area contributed by atoms with Gasteiger partial charge in [-0.05, 0) is 24.9 Å². The third-order valence-electron chi connectivity index (χ3n) is 4.15. The molecule has 0 bridgehead atoms. The molecule has 3 nitrogen and oxygen atoms in total. The number of methoxy groups -OCH3 is 1. The van der Waals surface area contributed by atoms with Gasteiger partial charge in [0.1, 0.15) is 0 Å². The molecule has 104 valence electrons. The van der Waals surface area contributed by atoms with Gasteiger partial charge in [0.15, 0.2) is 0 Å². The second-order valence-electron chi connectivity index (χ2n) is 5.41. The van der Waals surface area contributed by atoms with Crippen LogP contribution in [0.25, 0.3) is 0 Å². The molecule has 0 spiro atoms. The fourth-order valence-corrected chi connectivity index (χ4v) is 2.80. The van der Waals surface area contributed by atoms with Gasteiger partial charge in [-0.1, -0.05) is 43.7 Å². The summed E-state index contributed by atoms with van der Waals surface area (Å²) in [6.07, 6.45) is 3.06. The maximum absolute atomic E-state index is 12.0. The summed E-state index contributed by atoms with van der Waals surface area (Å²) in [5.74, 6) is -0.0368. The highest BCUT2D eigenvalue weighted by atomic mass is 16.5. The summed E-state index contributed by atoms with van der Waals surface area (Å²) in [5, 5.41) is 0. The van der Waals surface area contributed by atoms with Crippen molar-refractivity contribution < 1.29 is 9.53 Å². The van der Waals surface area contributed by atoms with Gasteiger partial charge in [0, 0.05) is 13.1 Å². The monoisotopic (exact) mass is 261 g/mol. The van der Waals surface area contributed by atoms with E-state index in [1.807, 2.05) is 6.07 Å². The average Bonchev–Trinajstić information content (AvgIpc) is 2.41. The zero-order valence-corrected chi connectivity index (χ0v) is 11.9. The van der Waals surface area contributed by atoms with E-state index in [4.69, 9.17) is 4.74 Å². The molecular formula is C16H23NO2. The van der Waals surface area contributed by atoms with Gasteiger partial charge in [0.05, 0.1) is 12.5 Å². The van der Waals surface area contributed by atoms with Crippen LogP contribution in [-0.4, -0.2) is 31.1 Å². The minimum absolute atomic E-state index is 0.0368. The lowest BCUT2D eigenvalue weighted by molar-refractivity contribution is -0.160. The Balaban J connectivity index is 2.00. The normalized spacial score (nSPS) is 17.0. The second-order valence-corrected chi connectivity index (χ2v) is 5.41. The SMILES string of the molecule is CCN(Cc1ccccc1)CC1(C(=O)OC)CCC1. The van der Waals surface area contributed by atoms with E-state index in [-0.39, 0.29) is 11.4 Å². The molecule has 0 amide bonds. The Hall–Kier alpha value is -1.35. The molecule has 2 rings (SSSR count). The van der Waals surface area contributed by atoms with Crippen molar-refractivity contribution in [2.75, 3.05) is 20.2 Å². The lowest BCUT2D eigenvalue weighted by Gasteiger charge is -2.42. The van der Waals surface area contributed by atoms with Crippen LogP contribution in [-0.2, 0) is 16.1 Å². The second kappa shape index (κ2) is 6.20. The fraction of sp³-hybridized carbons (Fsp3) is 0.562. The first-order chi connectivity index (χ1) is 9.20. The van der Waals surface area contributed by atoms with Gasteiger partial charge in [0.25, 0.3) is 0 Å². The highest BCUT2D eigenvalue weighted by Crippen LogP contribution is 2.42. The van der Waals surface area contributed by atoms with Crippen molar-refractivity contribution in [3.63, 3.8) is 0 Å². The van der Waals surface area contributed by atoms with E-state index >= 15 is 0 Å². The van der Waals surface area contributed by atoms with Gasteiger partial charge in [-0.2, -0.15) is 0 Å². The summed E-state index contributed by atoms with van der Waals surface area (Å²) >= 11 is 0. The molecule has 3 heteroatoms. The van der Waals surface area contributed by atoms with Crippen LogP contribution < -0.4 is 0 Å². The number of benzene rings is 1. The molecule has 0 saturated heterocycles. The maximum atomic E-state index is 12.0. The summed E-state index contributed by atoms with van der Waals surface area (Å²) in [4.78, 5) is 14.3. The molecule has 1 aromatic rings. The van der Waals surface area contributed by atoms with Crippen molar-refractivity contribution in [2.45, 2.75) is 32.7 Å². The third-order valence-corrected chi connectivity index (χ3v) is 4.15. The zero-order chi connectivity index (χ0) is 13.7. The molecular weight excluding hydrogens is 238 g/mol. The number of carbonyl (C=O) groups is 1. The Morgan fingerprint density at radius 3 is 2.47 bits per heavy atom. The summed E-state index contributed by atoms with van der Waals surface area (Å²) in [7, 11) is 1.50. The molecule has 1 fully saturated rings. The van der Waals surface area contributed by atoms with Crippen molar-refractivity contribution in [3.8, 4) is 0 Å². The summed E-state index contributed by atoms with van der Waals surface area (Å²) in [6, 6.07) is 10.4. The topological polar surface area (TPSA) is 29.5 Å². The molecule has 1 aliphatic carbocycles. The number of rotatable bonds is 6. The Morgan fingerprint density at radius 1 is 1.32 bits per heavy atom. The molecule has 0 atom stereocenters. The van der Waals surface area contributed by atoms with Gasteiger partial charge in [-0.3, -0.25) is 9.69 Å². The van der Waals surface area contributed by atoms with Gasteiger partial charge in [-0.15, -0.1) is 0 Å². The van der Waals surface area contributed by atoms with Gasteiger partial charge < -0.3 is 4.74 Å². The van der Waals surface area contributed by atoms with E-state index in [0.29, 0.717) is 0 Å². The van der Waals surface area contributed by atoms with Crippen LogP contribution in [0.15, 0.2) is 30.3 Å².